The fraction of sp³-hybridized carbons (Fsp3) is 0.800. The summed E-state index contributed by atoms with van der Waals surface area (Å²) in [5, 5.41) is 9.01. The standard InChI is InChI=1S/C10H21BrO2Si/c1-10(2,3)14(4,5)13-7-6-9(11)8-12/h6,12H,7-8H2,1-5H3/b9-6+. The largest absolute Gasteiger partial charge is 0.413 e. The molecule has 0 saturated carbocycles. The maximum absolute atomic E-state index is 8.76. The minimum absolute atomic E-state index is 0.0425. The van der Waals surface area contributed by atoms with Gasteiger partial charge in [-0.2, -0.15) is 0 Å². The number of aliphatic hydroxyl groups is 1. The molecule has 0 bridgehead atoms. The SMILES string of the molecule is CC(C)(C)[Si](C)(C)OC/C=C(/Br)CO. The Morgan fingerprint density at radius 3 is 2.29 bits per heavy atom. The molecule has 0 amide bonds. The zero-order chi connectivity index (χ0) is 11.4. The maximum atomic E-state index is 8.76. The molecule has 0 aliphatic rings. The average Bonchev–Trinajstić information content (AvgIpc) is 2.01. The molecule has 4 heteroatoms. The van der Waals surface area contributed by atoms with Gasteiger partial charge in [0.2, 0.25) is 0 Å². The number of rotatable bonds is 4. The maximum Gasteiger partial charge on any atom is 0.192 e. The lowest BCUT2D eigenvalue weighted by atomic mass is 10.2. The third-order valence-corrected chi connectivity index (χ3v) is 7.78. The highest BCUT2D eigenvalue weighted by atomic mass is 79.9. The van der Waals surface area contributed by atoms with Crippen molar-refractivity contribution < 1.29 is 9.53 Å². The molecule has 0 aliphatic heterocycles. The molecular weight excluding hydrogens is 260 g/mol. The summed E-state index contributed by atoms with van der Waals surface area (Å²) in [5.41, 5.74) is 0. The van der Waals surface area contributed by atoms with Crippen LogP contribution in [0.3, 0.4) is 0 Å². The molecule has 84 valence electrons. The van der Waals surface area contributed by atoms with E-state index in [4.69, 9.17) is 9.53 Å². The van der Waals surface area contributed by atoms with Crippen LogP contribution in [0.1, 0.15) is 20.8 Å². The van der Waals surface area contributed by atoms with Gasteiger partial charge in [0.1, 0.15) is 0 Å². The molecule has 0 aromatic carbocycles. The summed E-state index contributed by atoms with van der Waals surface area (Å²) >= 11 is 3.24. The van der Waals surface area contributed by atoms with Crippen molar-refractivity contribution >= 4 is 24.2 Å². The van der Waals surface area contributed by atoms with Crippen molar-refractivity contribution in [1.82, 2.24) is 0 Å². The van der Waals surface area contributed by atoms with E-state index in [1.165, 1.54) is 0 Å². The molecular formula is C10H21BrO2Si. The lowest BCUT2D eigenvalue weighted by Crippen LogP contribution is -2.40. The minimum Gasteiger partial charge on any atom is -0.413 e. The van der Waals surface area contributed by atoms with E-state index in [0.29, 0.717) is 6.61 Å². The summed E-state index contributed by atoms with van der Waals surface area (Å²) in [4.78, 5) is 0. The van der Waals surface area contributed by atoms with E-state index in [1.54, 1.807) is 0 Å². The molecule has 0 aliphatic carbocycles. The second-order valence-electron chi connectivity index (χ2n) is 4.88. The summed E-state index contributed by atoms with van der Waals surface area (Å²) < 4.78 is 6.68. The van der Waals surface area contributed by atoms with Crippen LogP contribution in [0.25, 0.3) is 0 Å². The molecule has 0 radical (unpaired) electrons. The van der Waals surface area contributed by atoms with Gasteiger partial charge in [-0.05, 0) is 24.2 Å². The molecule has 14 heavy (non-hydrogen) atoms. The zero-order valence-corrected chi connectivity index (χ0v) is 12.3. The van der Waals surface area contributed by atoms with Gasteiger partial charge < -0.3 is 9.53 Å². The van der Waals surface area contributed by atoms with Crippen molar-refractivity contribution in [3.05, 3.63) is 10.6 Å². The third kappa shape index (κ3) is 4.73. The van der Waals surface area contributed by atoms with Gasteiger partial charge in [-0.1, -0.05) is 36.7 Å². The second-order valence-corrected chi connectivity index (χ2v) is 10.7. The van der Waals surface area contributed by atoms with Crippen molar-refractivity contribution in [2.75, 3.05) is 13.2 Å². The summed E-state index contributed by atoms with van der Waals surface area (Å²) in [6, 6.07) is 0. The van der Waals surface area contributed by atoms with E-state index < -0.39 is 8.32 Å². The van der Waals surface area contributed by atoms with Gasteiger partial charge in [-0.15, -0.1) is 0 Å². The fourth-order valence-corrected chi connectivity index (χ4v) is 1.69. The van der Waals surface area contributed by atoms with Gasteiger partial charge in [0, 0.05) is 4.48 Å². The average molecular weight is 281 g/mol. The van der Waals surface area contributed by atoms with Crippen molar-refractivity contribution in [1.29, 1.82) is 0 Å². The van der Waals surface area contributed by atoms with Crippen LogP contribution in [-0.2, 0) is 4.43 Å². The Hall–Kier alpha value is 0.357. The third-order valence-electron chi connectivity index (χ3n) is 2.71. The van der Waals surface area contributed by atoms with E-state index in [-0.39, 0.29) is 11.6 Å². The van der Waals surface area contributed by atoms with Gasteiger partial charge in [-0.3, -0.25) is 0 Å². The highest BCUT2D eigenvalue weighted by Crippen LogP contribution is 2.36. The normalized spacial score (nSPS) is 14.6. The van der Waals surface area contributed by atoms with Crippen LogP contribution >= 0.6 is 15.9 Å². The van der Waals surface area contributed by atoms with Crippen molar-refractivity contribution in [3.8, 4) is 0 Å². The molecule has 0 heterocycles. The fourth-order valence-electron chi connectivity index (χ4n) is 0.621. The van der Waals surface area contributed by atoms with Crippen LogP contribution in [0.4, 0.5) is 0 Å². The predicted octanol–water partition coefficient (Wildman–Crippen LogP) is 3.28. The molecule has 0 fully saturated rings. The van der Waals surface area contributed by atoms with Gasteiger partial charge in [0.15, 0.2) is 8.32 Å². The van der Waals surface area contributed by atoms with Crippen LogP contribution in [-0.4, -0.2) is 26.6 Å². The van der Waals surface area contributed by atoms with Crippen LogP contribution in [0.2, 0.25) is 18.1 Å². The highest BCUT2D eigenvalue weighted by Gasteiger charge is 2.36. The minimum atomic E-state index is -1.63. The second kappa shape index (κ2) is 5.44. The first-order valence-corrected chi connectivity index (χ1v) is 8.50. The number of hydrogen-bond acceptors (Lipinski definition) is 2. The smallest absolute Gasteiger partial charge is 0.192 e. The molecule has 0 atom stereocenters. The van der Waals surface area contributed by atoms with Gasteiger partial charge >= 0.3 is 0 Å². The Morgan fingerprint density at radius 2 is 1.93 bits per heavy atom. The zero-order valence-electron chi connectivity index (χ0n) is 9.72. The number of halogens is 1. The highest BCUT2D eigenvalue weighted by molar-refractivity contribution is 9.11. The molecule has 0 aromatic heterocycles. The Balaban J connectivity index is 4.14. The quantitative estimate of drug-likeness (QED) is 0.801. The molecule has 0 spiro atoms. The van der Waals surface area contributed by atoms with Gasteiger partial charge in [0.05, 0.1) is 13.2 Å². The van der Waals surface area contributed by atoms with Crippen molar-refractivity contribution in [3.63, 3.8) is 0 Å². The Bertz CT molecular complexity index is 207. The van der Waals surface area contributed by atoms with E-state index in [0.717, 1.165) is 4.48 Å². The Morgan fingerprint density at radius 1 is 1.43 bits per heavy atom. The number of aliphatic hydroxyl groups excluding tert-OH is 1. The summed E-state index contributed by atoms with van der Waals surface area (Å²) in [6.45, 7) is 11.7. The Kier molecular flexibility index (Phi) is 5.58. The first-order valence-electron chi connectivity index (χ1n) is 4.80. The van der Waals surface area contributed by atoms with E-state index in [2.05, 4.69) is 49.8 Å². The molecule has 0 rings (SSSR count). The first kappa shape index (κ1) is 14.4. The number of hydrogen-bond donors (Lipinski definition) is 1. The summed E-state index contributed by atoms with van der Waals surface area (Å²) in [5.74, 6) is 0. The monoisotopic (exact) mass is 280 g/mol. The van der Waals surface area contributed by atoms with Crippen LogP contribution in [0.5, 0.6) is 0 Å². The lowest BCUT2D eigenvalue weighted by Gasteiger charge is -2.35. The van der Waals surface area contributed by atoms with Crippen molar-refractivity contribution in [2.24, 2.45) is 0 Å². The van der Waals surface area contributed by atoms with Gasteiger partial charge in [-0.25, -0.2) is 0 Å². The van der Waals surface area contributed by atoms with E-state index in [1.807, 2.05) is 6.08 Å². The van der Waals surface area contributed by atoms with Crippen LogP contribution in [0, 0.1) is 0 Å². The molecule has 2 nitrogen and oxygen atoms in total. The molecule has 1 N–H and O–H groups in total. The summed E-state index contributed by atoms with van der Waals surface area (Å²) in [7, 11) is -1.63. The van der Waals surface area contributed by atoms with Gasteiger partial charge in [0.25, 0.3) is 0 Å². The van der Waals surface area contributed by atoms with Crippen LogP contribution in [0.15, 0.2) is 10.6 Å². The Labute approximate surface area is 96.6 Å². The van der Waals surface area contributed by atoms with Crippen molar-refractivity contribution in [2.45, 2.75) is 38.9 Å². The molecule has 0 saturated heterocycles. The summed E-state index contributed by atoms with van der Waals surface area (Å²) in [6.07, 6.45) is 1.88. The topological polar surface area (TPSA) is 29.5 Å². The molecule has 0 unspecified atom stereocenters. The lowest BCUT2D eigenvalue weighted by molar-refractivity contribution is 0.320. The van der Waals surface area contributed by atoms with E-state index in [9.17, 15) is 0 Å². The van der Waals surface area contributed by atoms with Crippen LogP contribution < -0.4 is 0 Å². The van der Waals surface area contributed by atoms with E-state index >= 15 is 0 Å². The molecule has 0 aromatic rings. The predicted molar refractivity (Wildman–Crippen MR) is 67.2 cm³/mol. The first-order chi connectivity index (χ1) is 6.20.